The van der Waals surface area contributed by atoms with Crippen LogP contribution < -0.4 is 5.32 Å². The fraction of sp³-hybridized carbons (Fsp3) is 0.600. The van der Waals surface area contributed by atoms with E-state index in [0.717, 1.165) is 6.54 Å². The summed E-state index contributed by atoms with van der Waals surface area (Å²) >= 11 is 1.96. The van der Waals surface area contributed by atoms with Crippen molar-refractivity contribution in [1.82, 2.24) is 5.32 Å². The molecule has 17 heavy (non-hydrogen) atoms. The Labute approximate surface area is 109 Å². The highest BCUT2D eigenvalue weighted by Crippen LogP contribution is 2.35. The summed E-state index contributed by atoms with van der Waals surface area (Å²) in [5.41, 5.74) is 3.05. The van der Waals surface area contributed by atoms with Gasteiger partial charge < -0.3 is 5.32 Å². The van der Waals surface area contributed by atoms with Gasteiger partial charge in [0.05, 0.1) is 6.04 Å². The van der Waals surface area contributed by atoms with Crippen LogP contribution in [0, 0.1) is 13.8 Å². The standard InChI is InChI=1S/C15H23NS/c1-4-9-16-15(13-7-5-6-8-13)14-10-11(2)12(3)17-14/h7,10,15-16H,4-6,8-9H2,1-3H3. The third-order valence-electron chi connectivity index (χ3n) is 3.51. The molecule has 1 atom stereocenters. The van der Waals surface area contributed by atoms with Gasteiger partial charge in [-0.2, -0.15) is 0 Å². The molecular weight excluding hydrogens is 226 g/mol. The van der Waals surface area contributed by atoms with E-state index < -0.39 is 0 Å². The van der Waals surface area contributed by atoms with E-state index in [1.807, 2.05) is 11.3 Å². The lowest BCUT2D eigenvalue weighted by molar-refractivity contribution is 0.585. The lowest BCUT2D eigenvalue weighted by Gasteiger charge is -2.18. The fourth-order valence-corrected chi connectivity index (χ4v) is 3.57. The molecule has 1 unspecified atom stereocenters. The molecule has 1 aromatic rings. The van der Waals surface area contributed by atoms with Gasteiger partial charge in [-0.05, 0) is 57.7 Å². The lowest BCUT2D eigenvalue weighted by atomic mass is 10.0. The Kier molecular flexibility index (Phi) is 4.41. The van der Waals surface area contributed by atoms with E-state index in [1.165, 1.54) is 41.0 Å². The largest absolute Gasteiger partial charge is 0.306 e. The van der Waals surface area contributed by atoms with Gasteiger partial charge in [0, 0.05) is 9.75 Å². The molecule has 2 heteroatoms. The zero-order valence-corrected chi connectivity index (χ0v) is 12.0. The maximum atomic E-state index is 3.71. The minimum Gasteiger partial charge on any atom is -0.306 e. The molecule has 2 rings (SSSR count). The second-order valence-electron chi connectivity index (χ2n) is 4.95. The summed E-state index contributed by atoms with van der Waals surface area (Å²) in [6.45, 7) is 7.79. The van der Waals surface area contributed by atoms with E-state index in [0.29, 0.717) is 6.04 Å². The number of thiophene rings is 1. The van der Waals surface area contributed by atoms with Crippen LogP contribution in [0.15, 0.2) is 17.7 Å². The van der Waals surface area contributed by atoms with Gasteiger partial charge in [0.2, 0.25) is 0 Å². The molecule has 0 fully saturated rings. The minimum atomic E-state index is 0.481. The maximum Gasteiger partial charge on any atom is 0.0630 e. The molecule has 0 radical (unpaired) electrons. The van der Waals surface area contributed by atoms with Crippen LogP contribution in [0.2, 0.25) is 0 Å². The molecule has 94 valence electrons. The quantitative estimate of drug-likeness (QED) is 0.757. The van der Waals surface area contributed by atoms with Crippen molar-refractivity contribution in [2.24, 2.45) is 0 Å². The van der Waals surface area contributed by atoms with Gasteiger partial charge in [0.25, 0.3) is 0 Å². The molecule has 0 spiro atoms. The lowest BCUT2D eigenvalue weighted by Crippen LogP contribution is -2.22. The number of aryl methyl sites for hydroxylation is 2. The summed E-state index contributed by atoms with van der Waals surface area (Å²) < 4.78 is 0. The van der Waals surface area contributed by atoms with Crippen molar-refractivity contribution in [2.45, 2.75) is 52.5 Å². The van der Waals surface area contributed by atoms with E-state index >= 15 is 0 Å². The second-order valence-corrected chi connectivity index (χ2v) is 6.23. The van der Waals surface area contributed by atoms with Crippen molar-refractivity contribution in [2.75, 3.05) is 6.54 Å². The summed E-state index contributed by atoms with van der Waals surface area (Å²) in [4.78, 5) is 2.96. The van der Waals surface area contributed by atoms with E-state index in [4.69, 9.17) is 0 Å². The molecule has 0 aromatic carbocycles. The van der Waals surface area contributed by atoms with Crippen LogP contribution >= 0.6 is 11.3 Å². The Balaban J connectivity index is 2.19. The molecule has 1 nitrogen and oxygen atoms in total. The number of nitrogens with one attached hydrogen (secondary N) is 1. The SMILES string of the molecule is CCCNC(C1=CCCC1)c1cc(C)c(C)s1. The second kappa shape index (κ2) is 5.83. The Morgan fingerprint density at radius 2 is 2.24 bits per heavy atom. The fourth-order valence-electron chi connectivity index (χ4n) is 2.40. The first-order valence-electron chi connectivity index (χ1n) is 6.71. The Hall–Kier alpha value is -0.600. The van der Waals surface area contributed by atoms with Crippen LogP contribution in [0.25, 0.3) is 0 Å². The predicted molar refractivity (Wildman–Crippen MR) is 76.8 cm³/mol. The summed E-state index contributed by atoms with van der Waals surface area (Å²) in [6.07, 6.45) is 7.52. The van der Waals surface area contributed by atoms with E-state index in [2.05, 4.69) is 38.2 Å². The molecule has 0 amide bonds. The van der Waals surface area contributed by atoms with E-state index in [-0.39, 0.29) is 0 Å². The molecule has 1 aromatic heterocycles. The van der Waals surface area contributed by atoms with Gasteiger partial charge in [-0.1, -0.05) is 18.6 Å². The van der Waals surface area contributed by atoms with Crippen LogP contribution in [0.4, 0.5) is 0 Å². The van der Waals surface area contributed by atoms with Gasteiger partial charge in [-0.3, -0.25) is 0 Å². The number of hydrogen-bond donors (Lipinski definition) is 1. The third-order valence-corrected chi connectivity index (χ3v) is 4.73. The van der Waals surface area contributed by atoms with Crippen molar-refractivity contribution in [3.05, 3.63) is 33.0 Å². The molecule has 0 aliphatic heterocycles. The smallest absolute Gasteiger partial charge is 0.0630 e. The van der Waals surface area contributed by atoms with E-state index in [9.17, 15) is 0 Å². The van der Waals surface area contributed by atoms with Gasteiger partial charge in [0.15, 0.2) is 0 Å². The predicted octanol–water partition coefficient (Wildman–Crippen LogP) is 4.52. The summed E-state index contributed by atoms with van der Waals surface area (Å²) in [7, 11) is 0. The van der Waals surface area contributed by atoms with Gasteiger partial charge in [0.1, 0.15) is 0 Å². The van der Waals surface area contributed by atoms with Crippen molar-refractivity contribution in [1.29, 1.82) is 0 Å². The molecule has 1 aliphatic carbocycles. The van der Waals surface area contributed by atoms with Crippen LogP contribution in [-0.4, -0.2) is 6.54 Å². The first-order valence-corrected chi connectivity index (χ1v) is 7.53. The zero-order valence-electron chi connectivity index (χ0n) is 11.2. The van der Waals surface area contributed by atoms with Gasteiger partial charge in [-0.15, -0.1) is 11.3 Å². The topological polar surface area (TPSA) is 12.0 Å². The third kappa shape index (κ3) is 2.99. The normalized spacial score (nSPS) is 17.2. The molecule has 1 N–H and O–H groups in total. The van der Waals surface area contributed by atoms with Crippen LogP contribution in [0.1, 0.15) is 54.0 Å². The van der Waals surface area contributed by atoms with Gasteiger partial charge >= 0.3 is 0 Å². The Bertz CT molecular complexity index is 384. The number of hydrogen-bond acceptors (Lipinski definition) is 2. The average Bonchev–Trinajstić information content (AvgIpc) is 2.92. The van der Waals surface area contributed by atoms with Crippen molar-refractivity contribution in [3.8, 4) is 0 Å². The maximum absolute atomic E-state index is 3.71. The Morgan fingerprint density at radius 3 is 2.76 bits per heavy atom. The first kappa shape index (κ1) is 12.8. The molecule has 0 bridgehead atoms. The average molecular weight is 249 g/mol. The van der Waals surface area contributed by atoms with Crippen LogP contribution in [0.5, 0.6) is 0 Å². The monoisotopic (exact) mass is 249 g/mol. The number of rotatable bonds is 5. The summed E-state index contributed by atoms with van der Waals surface area (Å²) in [5.74, 6) is 0. The molecule has 0 saturated heterocycles. The highest BCUT2D eigenvalue weighted by atomic mass is 32.1. The summed E-state index contributed by atoms with van der Waals surface area (Å²) in [6, 6.07) is 2.85. The highest BCUT2D eigenvalue weighted by Gasteiger charge is 2.20. The molecular formula is C15H23NS. The highest BCUT2D eigenvalue weighted by molar-refractivity contribution is 7.12. The molecule has 1 aliphatic rings. The summed E-state index contributed by atoms with van der Waals surface area (Å²) in [5, 5.41) is 3.71. The molecule has 0 saturated carbocycles. The van der Waals surface area contributed by atoms with Crippen molar-refractivity contribution >= 4 is 11.3 Å². The molecule has 1 heterocycles. The van der Waals surface area contributed by atoms with Gasteiger partial charge in [-0.25, -0.2) is 0 Å². The van der Waals surface area contributed by atoms with E-state index in [1.54, 1.807) is 5.57 Å². The van der Waals surface area contributed by atoms with Crippen molar-refractivity contribution in [3.63, 3.8) is 0 Å². The first-order chi connectivity index (χ1) is 8.22. The zero-order chi connectivity index (χ0) is 12.3. The number of allylic oxidation sites excluding steroid dienone is 1. The van der Waals surface area contributed by atoms with Crippen molar-refractivity contribution < 1.29 is 0 Å². The Morgan fingerprint density at radius 1 is 1.41 bits per heavy atom. The minimum absolute atomic E-state index is 0.481. The van der Waals surface area contributed by atoms with Crippen LogP contribution in [0.3, 0.4) is 0 Å². The van der Waals surface area contributed by atoms with Crippen LogP contribution in [-0.2, 0) is 0 Å².